The third kappa shape index (κ3) is 4.77. The third-order valence-corrected chi connectivity index (χ3v) is 5.29. The fourth-order valence-corrected chi connectivity index (χ4v) is 3.82. The van der Waals surface area contributed by atoms with E-state index in [9.17, 15) is 5.11 Å². The molecule has 3 nitrogen and oxygen atoms in total. The molecule has 0 unspecified atom stereocenters. The molecule has 0 aliphatic carbocycles. The van der Waals surface area contributed by atoms with Crippen LogP contribution in [0.2, 0.25) is 0 Å². The molecule has 0 aromatic heterocycles. The number of aromatic hydroxyl groups is 1. The van der Waals surface area contributed by atoms with Gasteiger partial charge in [-0.05, 0) is 46.1 Å². The predicted molar refractivity (Wildman–Crippen MR) is 108 cm³/mol. The number of nitrogens with one attached hydrogen (secondary N) is 1. The van der Waals surface area contributed by atoms with Crippen molar-refractivity contribution in [3.63, 3.8) is 0 Å². The molecule has 1 aliphatic rings. The number of rotatable bonds is 4. The quantitative estimate of drug-likeness (QED) is 0.827. The molecular weight excluding hydrogens is 308 g/mol. The van der Waals surface area contributed by atoms with Crippen molar-refractivity contribution in [3.05, 3.63) is 28.8 Å². The summed E-state index contributed by atoms with van der Waals surface area (Å²) in [6, 6.07) is 4.98. The standard InChI is InChI=1S/C22H38N2O/c1-8-9-19(24-12-10-23-11-13-24)16-14-17(21(2,3)4)20(25)18(15-16)22(5,6)7/h14-15,19,23,25H,8-13H2,1-7H3/t19-/m1/s1. The Labute approximate surface area is 154 Å². The molecule has 3 heteroatoms. The number of hydrogen-bond acceptors (Lipinski definition) is 3. The zero-order chi connectivity index (χ0) is 18.8. The molecule has 1 aliphatic heterocycles. The van der Waals surface area contributed by atoms with E-state index < -0.39 is 0 Å². The fourth-order valence-electron chi connectivity index (χ4n) is 3.82. The van der Waals surface area contributed by atoms with E-state index in [1.807, 2.05) is 0 Å². The van der Waals surface area contributed by atoms with Crippen LogP contribution in [-0.4, -0.2) is 36.2 Å². The molecule has 1 fully saturated rings. The smallest absolute Gasteiger partial charge is 0.123 e. The second-order valence-electron chi connectivity index (χ2n) is 9.56. The summed E-state index contributed by atoms with van der Waals surface area (Å²) in [6.07, 6.45) is 2.34. The number of phenolic OH excluding ortho intramolecular Hbond substituents is 1. The predicted octanol–water partition coefficient (Wildman–Crippen LogP) is 4.73. The first-order valence-corrected chi connectivity index (χ1v) is 9.88. The molecule has 142 valence electrons. The van der Waals surface area contributed by atoms with E-state index in [2.05, 4.69) is 70.8 Å². The first kappa shape index (κ1) is 20.3. The minimum Gasteiger partial charge on any atom is -0.507 e. The highest BCUT2D eigenvalue weighted by molar-refractivity contribution is 5.50. The van der Waals surface area contributed by atoms with Gasteiger partial charge in [-0.2, -0.15) is 0 Å². The summed E-state index contributed by atoms with van der Waals surface area (Å²) in [7, 11) is 0. The van der Waals surface area contributed by atoms with Gasteiger partial charge < -0.3 is 10.4 Å². The summed E-state index contributed by atoms with van der Waals surface area (Å²) < 4.78 is 0. The highest BCUT2D eigenvalue weighted by atomic mass is 16.3. The van der Waals surface area contributed by atoms with Crippen LogP contribution in [0.4, 0.5) is 0 Å². The van der Waals surface area contributed by atoms with Gasteiger partial charge in [0.05, 0.1) is 0 Å². The number of nitrogens with zero attached hydrogens (tertiary/aromatic N) is 1. The fraction of sp³-hybridized carbons (Fsp3) is 0.727. The molecule has 1 atom stereocenters. The van der Waals surface area contributed by atoms with Gasteiger partial charge in [-0.1, -0.05) is 54.9 Å². The largest absolute Gasteiger partial charge is 0.507 e. The molecule has 2 rings (SSSR count). The molecule has 0 bridgehead atoms. The first-order chi connectivity index (χ1) is 11.6. The Morgan fingerprint density at radius 3 is 1.88 bits per heavy atom. The van der Waals surface area contributed by atoms with E-state index in [1.54, 1.807) is 0 Å². The minimum atomic E-state index is -0.0691. The Morgan fingerprint density at radius 1 is 1.00 bits per heavy atom. The monoisotopic (exact) mass is 346 g/mol. The maximum Gasteiger partial charge on any atom is 0.123 e. The molecule has 0 spiro atoms. The van der Waals surface area contributed by atoms with Crippen LogP contribution in [0.3, 0.4) is 0 Å². The summed E-state index contributed by atoms with van der Waals surface area (Å²) in [5.41, 5.74) is 3.38. The highest BCUT2D eigenvalue weighted by Gasteiger charge is 2.29. The van der Waals surface area contributed by atoms with Crippen molar-refractivity contribution in [2.75, 3.05) is 26.2 Å². The summed E-state index contributed by atoms with van der Waals surface area (Å²) in [5, 5.41) is 14.4. The van der Waals surface area contributed by atoms with Gasteiger partial charge in [0.2, 0.25) is 0 Å². The number of benzene rings is 1. The maximum atomic E-state index is 11.0. The highest BCUT2D eigenvalue weighted by Crippen LogP contribution is 2.42. The van der Waals surface area contributed by atoms with Crippen LogP contribution in [0, 0.1) is 0 Å². The normalized spacial score (nSPS) is 18.4. The van der Waals surface area contributed by atoms with Crippen molar-refractivity contribution in [1.82, 2.24) is 10.2 Å². The lowest BCUT2D eigenvalue weighted by molar-refractivity contribution is 0.164. The van der Waals surface area contributed by atoms with Crippen molar-refractivity contribution >= 4 is 0 Å². The Kier molecular flexibility index (Phi) is 6.22. The molecular formula is C22H38N2O. The lowest BCUT2D eigenvalue weighted by Gasteiger charge is -2.37. The van der Waals surface area contributed by atoms with Gasteiger partial charge in [0.15, 0.2) is 0 Å². The van der Waals surface area contributed by atoms with Crippen molar-refractivity contribution in [2.24, 2.45) is 0 Å². The van der Waals surface area contributed by atoms with Crippen LogP contribution in [0.1, 0.15) is 84.0 Å². The third-order valence-electron chi connectivity index (χ3n) is 5.29. The van der Waals surface area contributed by atoms with Gasteiger partial charge >= 0.3 is 0 Å². The van der Waals surface area contributed by atoms with Crippen molar-refractivity contribution in [3.8, 4) is 5.75 Å². The van der Waals surface area contributed by atoms with E-state index >= 15 is 0 Å². The maximum absolute atomic E-state index is 11.0. The molecule has 1 aromatic rings. The van der Waals surface area contributed by atoms with E-state index in [1.165, 1.54) is 12.0 Å². The second kappa shape index (κ2) is 7.67. The Hall–Kier alpha value is -1.06. The SMILES string of the molecule is CCC[C@H](c1cc(C(C)(C)C)c(O)c(C(C)(C)C)c1)N1CCNCC1. The van der Waals surface area contributed by atoms with Crippen LogP contribution in [-0.2, 0) is 10.8 Å². The number of phenols is 1. The molecule has 1 aromatic carbocycles. The van der Waals surface area contributed by atoms with Gasteiger partial charge in [-0.25, -0.2) is 0 Å². The lowest BCUT2D eigenvalue weighted by atomic mass is 9.77. The van der Waals surface area contributed by atoms with E-state index in [4.69, 9.17) is 0 Å². The van der Waals surface area contributed by atoms with Gasteiger partial charge in [0.1, 0.15) is 5.75 Å². The molecule has 0 radical (unpaired) electrons. The summed E-state index contributed by atoms with van der Waals surface area (Å²) in [4.78, 5) is 2.62. The van der Waals surface area contributed by atoms with Gasteiger partial charge in [0, 0.05) is 32.2 Å². The van der Waals surface area contributed by atoms with Gasteiger partial charge in [-0.3, -0.25) is 4.90 Å². The Balaban J connectivity index is 2.57. The van der Waals surface area contributed by atoms with Crippen LogP contribution < -0.4 is 5.32 Å². The van der Waals surface area contributed by atoms with E-state index in [-0.39, 0.29) is 10.8 Å². The lowest BCUT2D eigenvalue weighted by Crippen LogP contribution is -2.45. The van der Waals surface area contributed by atoms with Crippen molar-refractivity contribution in [2.45, 2.75) is 78.2 Å². The molecule has 0 amide bonds. The zero-order valence-corrected chi connectivity index (χ0v) is 17.4. The number of piperazine rings is 1. The average molecular weight is 347 g/mol. The Bertz CT molecular complexity index is 540. The molecule has 0 saturated carbocycles. The summed E-state index contributed by atoms with van der Waals surface area (Å²) >= 11 is 0. The van der Waals surface area contributed by atoms with Crippen LogP contribution in [0.25, 0.3) is 0 Å². The molecule has 2 N–H and O–H groups in total. The molecule has 1 saturated heterocycles. The van der Waals surface area contributed by atoms with Crippen LogP contribution in [0.5, 0.6) is 5.75 Å². The minimum absolute atomic E-state index is 0.0691. The molecule has 1 heterocycles. The molecule has 25 heavy (non-hydrogen) atoms. The Morgan fingerprint density at radius 2 is 1.48 bits per heavy atom. The van der Waals surface area contributed by atoms with Crippen molar-refractivity contribution in [1.29, 1.82) is 0 Å². The number of hydrogen-bond donors (Lipinski definition) is 2. The van der Waals surface area contributed by atoms with E-state index in [0.717, 1.165) is 43.7 Å². The summed E-state index contributed by atoms with van der Waals surface area (Å²) in [5.74, 6) is 0.485. The van der Waals surface area contributed by atoms with Gasteiger partial charge in [0.25, 0.3) is 0 Å². The van der Waals surface area contributed by atoms with Crippen LogP contribution in [0.15, 0.2) is 12.1 Å². The second-order valence-corrected chi connectivity index (χ2v) is 9.56. The van der Waals surface area contributed by atoms with E-state index in [0.29, 0.717) is 11.8 Å². The topological polar surface area (TPSA) is 35.5 Å². The van der Waals surface area contributed by atoms with Gasteiger partial charge in [-0.15, -0.1) is 0 Å². The van der Waals surface area contributed by atoms with Crippen LogP contribution >= 0.6 is 0 Å². The first-order valence-electron chi connectivity index (χ1n) is 9.88. The summed E-state index contributed by atoms with van der Waals surface area (Å²) in [6.45, 7) is 19.8. The van der Waals surface area contributed by atoms with Crippen molar-refractivity contribution < 1.29 is 5.11 Å². The zero-order valence-electron chi connectivity index (χ0n) is 17.4. The average Bonchev–Trinajstić information content (AvgIpc) is 2.51.